The van der Waals surface area contributed by atoms with Crippen molar-refractivity contribution in [2.75, 3.05) is 11.9 Å². The number of para-hydroxylation sites is 3. The first-order valence-corrected chi connectivity index (χ1v) is 14.4. The van der Waals surface area contributed by atoms with Gasteiger partial charge in [-0.15, -0.1) is 0 Å². The molecule has 2 N–H and O–H groups in total. The second kappa shape index (κ2) is 12.2. The van der Waals surface area contributed by atoms with Gasteiger partial charge in [-0.1, -0.05) is 90.5 Å². The molecule has 0 aliphatic rings. The number of nitrogens with one attached hydrogen (secondary N) is 1. The molecule has 0 amide bonds. The van der Waals surface area contributed by atoms with Crippen molar-refractivity contribution in [1.82, 2.24) is 4.57 Å². The molecule has 0 aliphatic heterocycles. The standard InChI is InChI=1S/C37H32N2O4/c1-25-14-18-27(19-15-25)36(40)31-10-2-5-11-32(31)38-33(37(41)42)24-26-16-20-28(21-17-26)43-23-22-39-34-12-6-3-8-29(34)30-9-4-7-13-35(30)39/h2-21,33,38H,22-24H2,1H3,(H,41,42). The predicted octanol–water partition coefficient (Wildman–Crippen LogP) is 7.52. The zero-order valence-electron chi connectivity index (χ0n) is 23.9. The second-order valence-corrected chi connectivity index (χ2v) is 10.7. The highest BCUT2D eigenvalue weighted by Gasteiger charge is 2.21. The van der Waals surface area contributed by atoms with E-state index < -0.39 is 12.0 Å². The lowest BCUT2D eigenvalue weighted by atomic mass is 9.99. The summed E-state index contributed by atoms with van der Waals surface area (Å²) in [5, 5.41) is 15.6. The van der Waals surface area contributed by atoms with Crippen molar-refractivity contribution in [3.63, 3.8) is 0 Å². The number of aromatic nitrogens is 1. The quantitative estimate of drug-likeness (QED) is 0.158. The lowest BCUT2D eigenvalue weighted by Gasteiger charge is -2.18. The van der Waals surface area contributed by atoms with E-state index >= 15 is 0 Å². The number of aryl methyl sites for hydroxylation is 1. The van der Waals surface area contributed by atoms with Gasteiger partial charge in [0.25, 0.3) is 0 Å². The molecule has 1 heterocycles. The summed E-state index contributed by atoms with van der Waals surface area (Å²) < 4.78 is 8.36. The summed E-state index contributed by atoms with van der Waals surface area (Å²) in [6, 6.07) is 37.8. The number of rotatable bonds is 11. The van der Waals surface area contributed by atoms with Crippen LogP contribution in [0.25, 0.3) is 21.8 Å². The third-order valence-electron chi connectivity index (χ3n) is 7.74. The van der Waals surface area contributed by atoms with E-state index in [2.05, 4.69) is 58.4 Å². The number of ether oxygens (including phenoxy) is 1. The number of anilines is 1. The number of hydrogen-bond donors (Lipinski definition) is 2. The average Bonchev–Trinajstić information content (AvgIpc) is 3.35. The van der Waals surface area contributed by atoms with E-state index in [0.717, 1.165) is 16.9 Å². The van der Waals surface area contributed by atoms with Crippen molar-refractivity contribution in [2.24, 2.45) is 0 Å². The summed E-state index contributed by atoms with van der Waals surface area (Å²) in [6.45, 7) is 3.15. The first-order valence-electron chi connectivity index (χ1n) is 14.4. The molecule has 6 aromatic rings. The van der Waals surface area contributed by atoms with Crippen LogP contribution >= 0.6 is 0 Å². The molecule has 6 rings (SSSR count). The van der Waals surface area contributed by atoms with Gasteiger partial charge < -0.3 is 19.7 Å². The minimum Gasteiger partial charge on any atom is -0.492 e. The second-order valence-electron chi connectivity index (χ2n) is 10.7. The summed E-state index contributed by atoms with van der Waals surface area (Å²) in [4.78, 5) is 25.4. The van der Waals surface area contributed by atoms with Gasteiger partial charge in [-0.3, -0.25) is 4.79 Å². The van der Waals surface area contributed by atoms with Crippen LogP contribution in [0.1, 0.15) is 27.0 Å². The molecule has 0 saturated carbocycles. The molecule has 43 heavy (non-hydrogen) atoms. The maximum atomic E-state index is 13.2. The normalized spacial score (nSPS) is 11.8. The van der Waals surface area contributed by atoms with E-state index in [1.54, 1.807) is 36.4 Å². The third-order valence-corrected chi connectivity index (χ3v) is 7.74. The van der Waals surface area contributed by atoms with Crippen molar-refractivity contribution in [1.29, 1.82) is 0 Å². The fraction of sp³-hybridized carbons (Fsp3) is 0.135. The number of benzene rings is 5. The number of aliphatic carboxylic acids is 1. The first-order chi connectivity index (χ1) is 21.0. The number of fused-ring (bicyclic) bond motifs is 3. The van der Waals surface area contributed by atoms with Crippen LogP contribution in [0.3, 0.4) is 0 Å². The smallest absolute Gasteiger partial charge is 0.326 e. The number of carboxylic acid groups (broad SMARTS) is 1. The van der Waals surface area contributed by atoms with Crippen LogP contribution in [0.2, 0.25) is 0 Å². The van der Waals surface area contributed by atoms with Crippen LogP contribution in [0, 0.1) is 6.92 Å². The molecule has 0 radical (unpaired) electrons. The summed E-state index contributed by atoms with van der Waals surface area (Å²) >= 11 is 0. The van der Waals surface area contributed by atoms with Crippen molar-refractivity contribution in [3.8, 4) is 5.75 Å². The van der Waals surface area contributed by atoms with Crippen LogP contribution in [0.5, 0.6) is 5.75 Å². The molecule has 214 valence electrons. The molecule has 1 unspecified atom stereocenters. The van der Waals surface area contributed by atoms with Gasteiger partial charge in [-0.2, -0.15) is 0 Å². The fourth-order valence-electron chi connectivity index (χ4n) is 5.51. The van der Waals surface area contributed by atoms with Gasteiger partial charge >= 0.3 is 5.97 Å². The summed E-state index contributed by atoms with van der Waals surface area (Å²) in [6.07, 6.45) is 0.240. The van der Waals surface area contributed by atoms with Crippen LogP contribution in [-0.2, 0) is 17.8 Å². The maximum Gasteiger partial charge on any atom is 0.326 e. The Morgan fingerprint density at radius 1 is 0.767 bits per heavy atom. The van der Waals surface area contributed by atoms with Crippen molar-refractivity contribution in [3.05, 3.63) is 144 Å². The average molecular weight is 569 g/mol. The van der Waals surface area contributed by atoms with E-state index in [1.165, 1.54) is 21.8 Å². The van der Waals surface area contributed by atoms with Gasteiger partial charge in [0.05, 0.1) is 6.54 Å². The van der Waals surface area contributed by atoms with Gasteiger partial charge in [0, 0.05) is 45.0 Å². The minimum absolute atomic E-state index is 0.158. The predicted molar refractivity (Wildman–Crippen MR) is 171 cm³/mol. The summed E-state index contributed by atoms with van der Waals surface area (Å²) in [7, 11) is 0. The van der Waals surface area contributed by atoms with E-state index in [4.69, 9.17) is 4.74 Å². The fourth-order valence-corrected chi connectivity index (χ4v) is 5.51. The first kappa shape index (κ1) is 27.8. The van der Waals surface area contributed by atoms with Gasteiger partial charge in [-0.25, -0.2) is 4.79 Å². The topological polar surface area (TPSA) is 80.6 Å². The van der Waals surface area contributed by atoms with Crippen LogP contribution in [-0.4, -0.2) is 34.1 Å². The lowest BCUT2D eigenvalue weighted by Crippen LogP contribution is -2.32. The summed E-state index contributed by atoms with van der Waals surface area (Å²) in [5.74, 6) is -0.433. The van der Waals surface area contributed by atoms with Gasteiger partial charge in [0.2, 0.25) is 0 Å². The number of hydrogen-bond acceptors (Lipinski definition) is 4. The molecule has 0 spiro atoms. The Hall–Kier alpha value is -5.36. The van der Waals surface area contributed by atoms with Gasteiger partial charge in [0.15, 0.2) is 5.78 Å². The Labute approximate surface area is 250 Å². The third kappa shape index (κ3) is 5.99. The number of carboxylic acids is 1. The molecule has 0 aliphatic carbocycles. The van der Waals surface area contributed by atoms with Crippen LogP contribution in [0.4, 0.5) is 5.69 Å². The van der Waals surface area contributed by atoms with E-state index in [0.29, 0.717) is 30.0 Å². The van der Waals surface area contributed by atoms with E-state index in [-0.39, 0.29) is 12.2 Å². The van der Waals surface area contributed by atoms with Crippen molar-refractivity contribution >= 4 is 39.2 Å². The maximum absolute atomic E-state index is 13.2. The number of carbonyl (C=O) groups is 2. The van der Waals surface area contributed by atoms with Crippen LogP contribution < -0.4 is 10.1 Å². The molecule has 0 bridgehead atoms. The SMILES string of the molecule is Cc1ccc(C(=O)c2ccccc2NC(Cc2ccc(OCCn3c4ccccc4c4ccccc43)cc2)C(=O)O)cc1. The Morgan fingerprint density at radius 2 is 1.37 bits per heavy atom. The largest absolute Gasteiger partial charge is 0.492 e. The van der Waals surface area contributed by atoms with E-state index in [9.17, 15) is 14.7 Å². The van der Waals surface area contributed by atoms with Crippen molar-refractivity contribution in [2.45, 2.75) is 25.9 Å². The molecule has 1 atom stereocenters. The molecule has 5 aromatic carbocycles. The highest BCUT2D eigenvalue weighted by Crippen LogP contribution is 2.29. The molecule has 1 aromatic heterocycles. The zero-order chi connectivity index (χ0) is 29.8. The molecular formula is C37H32N2O4. The Morgan fingerprint density at radius 3 is 2.02 bits per heavy atom. The molecule has 0 saturated heterocycles. The molecule has 6 nitrogen and oxygen atoms in total. The van der Waals surface area contributed by atoms with Gasteiger partial charge in [-0.05, 0) is 48.9 Å². The number of carbonyl (C=O) groups excluding carboxylic acids is 1. The van der Waals surface area contributed by atoms with Crippen molar-refractivity contribution < 1.29 is 19.4 Å². The monoisotopic (exact) mass is 568 g/mol. The molecule has 0 fully saturated rings. The Balaban J connectivity index is 1.11. The summed E-state index contributed by atoms with van der Waals surface area (Å²) in [5.41, 5.74) is 5.75. The highest BCUT2D eigenvalue weighted by atomic mass is 16.5. The molecular weight excluding hydrogens is 536 g/mol. The van der Waals surface area contributed by atoms with Crippen LogP contribution in [0.15, 0.2) is 121 Å². The zero-order valence-corrected chi connectivity index (χ0v) is 23.9. The Kier molecular flexibility index (Phi) is 7.92. The number of ketones is 1. The highest BCUT2D eigenvalue weighted by molar-refractivity contribution is 6.12. The lowest BCUT2D eigenvalue weighted by molar-refractivity contribution is -0.137. The Bertz CT molecular complexity index is 1850. The molecule has 6 heteroatoms. The number of nitrogens with zero attached hydrogens (tertiary/aromatic N) is 1. The minimum atomic E-state index is -0.996. The van der Waals surface area contributed by atoms with E-state index in [1.807, 2.05) is 43.3 Å². The van der Waals surface area contributed by atoms with Gasteiger partial charge in [0.1, 0.15) is 18.4 Å².